The van der Waals surface area contributed by atoms with Crippen LogP contribution in [0, 0.1) is 18.7 Å². The quantitative estimate of drug-likeness (QED) is 0.334. The molecule has 2 saturated heterocycles. The van der Waals surface area contributed by atoms with E-state index < -0.39 is 47.4 Å². The van der Waals surface area contributed by atoms with Gasteiger partial charge in [0, 0.05) is 32.7 Å². The van der Waals surface area contributed by atoms with Crippen LogP contribution < -0.4 is 0 Å². The Labute approximate surface area is 241 Å². The van der Waals surface area contributed by atoms with Gasteiger partial charge in [0.25, 0.3) is 0 Å². The van der Waals surface area contributed by atoms with Gasteiger partial charge in [-0.3, -0.25) is 0 Å². The molecule has 0 saturated carbocycles. The van der Waals surface area contributed by atoms with E-state index in [2.05, 4.69) is 9.80 Å². The van der Waals surface area contributed by atoms with Gasteiger partial charge in [0.05, 0.1) is 23.2 Å². The number of likely N-dealkylation sites (N-methyl/N-ethyl adjacent to an activating group) is 1. The topological polar surface area (TPSA) is 30.0 Å². The van der Waals surface area contributed by atoms with E-state index in [1.165, 1.54) is 31.0 Å². The van der Waals surface area contributed by atoms with Crippen molar-refractivity contribution in [3.63, 3.8) is 0 Å². The third-order valence-electron chi connectivity index (χ3n) is 8.76. The van der Waals surface area contributed by atoms with Crippen molar-refractivity contribution >= 4 is 6.03 Å². The zero-order valence-corrected chi connectivity index (χ0v) is 24.4. The fourth-order valence-corrected chi connectivity index (χ4v) is 6.20. The largest absolute Gasteiger partial charge is 0.416 e. The minimum atomic E-state index is -4.99. The number of alkyl halides is 6. The lowest BCUT2D eigenvalue weighted by atomic mass is 9.90. The zero-order chi connectivity index (χ0) is 31.1. The van der Waals surface area contributed by atoms with Crippen LogP contribution in [-0.2, 0) is 12.4 Å². The second kappa shape index (κ2) is 12.0. The molecular formula is C30H37F7N4O. The van der Waals surface area contributed by atoms with E-state index in [4.69, 9.17) is 0 Å². The Morgan fingerprint density at radius 2 is 1.57 bits per heavy atom. The van der Waals surface area contributed by atoms with Crippen molar-refractivity contribution in [3.05, 3.63) is 70.0 Å². The van der Waals surface area contributed by atoms with Crippen LogP contribution in [0.15, 0.2) is 36.4 Å². The Morgan fingerprint density at radius 3 is 2.10 bits per heavy atom. The van der Waals surface area contributed by atoms with Crippen LogP contribution in [0.1, 0.15) is 59.7 Å². The van der Waals surface area contributed by atoms with E-state index in [1.807, 2.05) is 14.1 Å². The highest BCUT2D eigenvalue weighted by Crippen LogP contribution is 2.42. The van der Waals surface area contributed by atoms with E-state index in [-0.39, 0.29) is 17.5 Å². The Balaban J connectivity index is 1.64. The number of likely N-dealkylation sites (tertiary alicyclic amines) is 2. The summed E-state index contributed by atoms with van der Waals surface area (Å²) in [5.41, 5.74) is -1.69. The predicted octanol–water partition coefficient (Wildman–Crippen LogP) is 6.98. The van der Waals surface area contributed by atoms with Crippen LogP contribution in [0.25, 0.3) is 0 Å². The van der Waals surface area contributed by atoms with Gasteiger partial charge in [-0.2, -0.15) is 26.3 Å². The molecule has 4 atom stereocenters. The number of carbonyl (C=O) groups is 1. The molecular weight excluding hydrogens is 565 g/mol. The summed E-state index contributed by atoms with van der Waals surface area (Å²) in [6.45, 7) is 6.00. The summed E-state index contributed by atoms with van der Waals surface area (Å²) in [6.07, 6.45) is -8.32. The van der Waals surface area contributed by atoms with Crippen LogP contribution in [0.2, 0.25) is 0 Å². The molecule has 2 fully saturated rings. The molecule has 0 radical (unpaired) electrons. The third kappa shape index (κ3) is 6.85. The maximum absolute atomic E-state index is 14.0. The van der Waals surface area contributed by atoms with Crippen LogP contribution in [0.5, 0.6) is 0 Å². The normalized spacial score (nSPS) is 22.7. The Hall–Kier alpha value is -2.86. The summed E-state index contributed by atoms with van der Waals surface area (Å²) in [6, 6.07) is 4.17. The first-order valence-corrected chi connectivity index (χ1v) is 13.9. The van der Waals surface area contributed by atoms with Crippen molar-refractivity contribution in [1.29, 1.82) is 0 Å². The SMILES string of the molecule is Cc1cc(F)ccc1[C@@H]1[C@@H](CN2CCC(N(C)C)C2)CCN1C(=O)N(C)[C@@H](C)c1cc(C(F)(F)F)cc(C(F)(F)F)c1. The van der Waals surface area contributed by atoms with E-state index in [9.17, 15) is 35.5 Å². The molecule has 0 aromatic heterocycles. The highest BCUT2D eigenvalue weighted by Gasteiger charge is 2.43. The lowest BCUT2D eigenvalue weighted by Crippen LogP contribution is -2.43. The molecule has 5 nitrogen and oxygen atoms in total. The van der Waals surface area contributed by atoms with E-state index in [0.717, 1.165) is 25.1 Å². The monoisotopic (exact) mass is 602 g/mol. The van der Waals surface area contributed by atoms with Gasteiger partial charge in [-0.25, -0.2) is 9.18 Å². The number of urea groups is 1. The lowest BCUT2D eigenvalue weighted by Gasteiger charge is -2.36. The van der Waals surface area contributed by atoms with Crippen molar-refractivity contribution in [2.45, 2.75) is 57.2 Å². The van der Waals surface area contributed by atoms with Gasteiger partial charge < -0.3 is 19.6 Å². The molecule has 2 aromatic rings. The molecule has 2 aliphatic rings. The maximum Gasteiger partial charge on any atom is 0.416 e. The van der Waals surface area contributed by atoms with E-state index in [1.54, 1.807) is 17.9 Å². The average molecular weight is 603 g/mol. The zero-order valence-electron chi connectivity index (χ0n) is 24.4. The van der Waals surface area contributed by atoms with Crippen molar-refractivity contribution in [1.82, 2.24) is 19.6 Å². The third-order valence-corrected chi connectivity index (χ3v) is 8.76. The molecule has 0 aliphatic carbocycles. The van der Waals surface area contributed by atoms with Gasteiger partial charge >= 0.3 is 18.4 Å². The predicted molar refractivity (Wildman–Crippen MR) is 145 cm³/mol. The molecule has 4 rings (SSSR count). The number of hydrogen-bond donors (Lipinski definition) is 0. The number of hydrogen-bond acceptors (Lipinski definition) is 3. The summed E-state index contributed by atoms with van der Waals surface area (Å²) in [4.78, 5) is 21.3. The molecule has 2 heterocycles. The highest BCUT2D eigenvalue weighted by molar-refractivity contribution is 5.76. The first kappa shape index (κ1) is 32.1. The molecule has 0 spiro atoms. The first-order valence-electron chi connectivity index (χ1n) is 13.9. The van der Waals surface area contributed by atoms with E-state index >= 15 is 0 Å². The standard InChI is InChI=1S/C30H37F7N4O/c1-18-12-24(31)6-7-26(18)27-20(16-40-10-9-25(17-40)38(3)4)8-11-41(27)28(42)39(5)19(2)21-13-22(29(32,33)34)15-23(14-21)30(35,36)37/h6-7,12-15,19-20,25,27H,8-11,16-17H2,1-5H3/t19-,20+,25?,27-/m0/s1. The molecule has 0 bridgehead atoms. The average Bonchev–Trinajstić information content (AvgIpc) is 3.54. The second-order valence-corrected chi connectivity index (χ2v) is 11.8. The van der Waals surface area contributed by atoms with Gasteiger partial charge in [0.2, 0.25) is 0 Å². The number of benzene rings is 2. The van der Waals surface area contributed by atoms with Crippen LogP contribution in [0.3, 0.4) is 0 Å². The molecule has 2 aromatic carbocycles. The van der Waals surface area contributed by atoms with Crippen LogP contribution in [0.4, 0.5) is 35.5 Å². The number of nitrogens with zero attached hydrogens (tertiary/aromatic N) is 4. The maximum atomic E-state index is 14.0. The Bertz CT molecular complexity index is 1250. The summed E-state index contributed by atoms with van der Waals surface area (Å²) in [5, 5.41) is 0. The fraction of sp³-hybridized carbons (Fsp3) is 0.567. The van der Waals surface area contributed by atoms with Crippen LogP contribution in [-0.4, -0.2) is 79.0 Å². The minimum absolute atomic E-state index is 0.00752. The van der Waals surface area contributed by atoms with Crippen molar-refractivity contribution < 1.29 is 35.5 Å². The minimum Gasteiger partial charge on any atom is -0.321 e. The molecule has 2 aliphatic heterocycles. The van der Waals surface area contributed by atoms with Gasteiger partial charge in [0.15, 0.2) is 0 Å². The summed E-state index contributed by atoms with van der Waals surface area (Å²) >= 11 is 0. The summed E-state index contributed by atoms with van der Waals surface area (Å²) in [7, 11) is 5.45. The molecule has 12 heteroatoms. The molecule has 42 heavy (non-hydrogen) atoms. The molecule has 2 amide bonds. The van der Waals surface area contributed by atoms with Gasteiger partial charge in [-0.15, -0.1) is 0 Å². The molecule has 1 unspecified atom stereocenters. The van der Waals surface area contributed by atoms with Crippen LogP contribution >= 0.6 is 0 Å². The Morgan fingerprint density at radius 1 is 0.952 bits per heavy atom. The smallest absolute Gasteiger partial charge is 0.321 e. The van der Waals surface area contributed by atoms with Crippen molar-refractivity contribution in [3.8, 4) is 0 Å². The van der Waals surface area contributed by atoms with Crippen molar-refractivity contribution in [2.75, 3.05) is 47.3 Å². The first-order chi connectivity index (χ1) is 19.5. The second-order valence-electron chi connectivity index (χ2n) is 11.8. The van der Waals surface area contributed by atoms with Gasteiger partial charge in [-0.1, -0.05) is 6.07 Å². The fourth-order valence-electron chi connectivity index (χ4n) is 6.20. The number of halogens is 7. The number of amides is 2. The van der Waals surface area contributed by atoms with Gasteiger partial charge in [-0.05, 0) is 100 Å². The number of carbonyl (C=O) groups excluding carboxylic acids is 1. The highest BCUT2D eigenvalue weighted by atomic mass is 19.4. The molecule has 232 valence electrons. The number of aryl methyl sites for hydroxylation is 1. The lowest BCUT2D eigenvalue weighted by molar-refractivity contribution is -0.143. The van der Waals surface area contributed by atoms with E-state index in [0.29, 0.717) is 43.2 Å². The summed E-state index contributed by atoms with van der Waals surface area (Å²) in [5.74, 6) is -0.402. The van der Waals surface area contributed by atoms with Gasteiger partial charge in [0.1, 0.15) is 5.82 Å². The van der Waals surface area contributed by atoms with Crippen molar-refractivity contribution in [2.24, 2.45) is 5.92 Å². The molecule has 0 N–H and O–H groups in total. The number of rotatable bonds is 6. The summed E-state index contributed by atoms with van der Waals surface area (Å²) < 4.78 is 95.0. The Kier molecular flexibility index (Phi) is 9.18.